The van der Waals surface area contributed by atoms with E-state index in [1.54, 1.807) is 0 Å². The summed E-state index contributed by atoms with van der Waals surface area (Å²) in [6.07, 6.45) is 27.9. The zero-order chi connectivity index (χ0) is 32.0. The Labute approximate surface area is 297 Å². The Morgan fingerprint density at radius 2 is 0.628 bits per heavy atom. The van der Waals surface area contributed by atoms with Crippen molar-refractivity contribution in [3.63, 3.8) is 0 Å². The van der Waals surface area contributed by atoms with Crippen LogP contribution in [0.4, 0.5) is 0 Å². The van der Waals surface area contributed by atoms with Crippen molar-refractivity contribution in [2.24, 2.45) is 11.8 Å². The van der Waals surface area contributed by atoms with E-state index in [9.17, 15) is 25.9 Å². The van der Waals surface area contributed by atoms with Crippen LogP contribution in [0.2, 0.25) is 0 Å². The summed E-state index contributed by atoms with van der Waals surface area (Å²) in [6, 6.07) is 0. The number of unbranched alkanes of at least 4 members (excludes halogenated alkanes) is 16. The predicted molar refractivity (Wildman–Crippen MR) is 178 cm³/mol. The molecule has 0 amide bonds. The summed E-state index contributed by atoms with van der Waals surface area (Å²) in [5.74, 6) is 0.411. The van der Waals surface area contributed by atoms with Crippen LogP contribution in [0.25, 0.3) is 0 Å². The molecule has 0 spiro atoms. The third kappa shape index (κ3) is 43.0. The van der Waals surface area contributed by atoms with Crippen LogP contribution < -0.4 is 0 Å². The summed E-state index contributed by atoms with van der Waals surface area (Å²) < 4.78 is 72.5. The zero-order valence-electron chi connectivity index (χ0n) is 28.3. The molecule has 0 aromatic carbocycles. The van der Waals surface area contributed by atoms with Gasteiger partial charge in [0.1, 0.15) is 0 Å². The van der Waals surface area contributed by atoms with E-state index in [0.29, 0.717) is 0 Å². The summed E-state index contributed by atoms with van der Waals surface area (Å²) in [7, 11) is -9.10. The first-order chi connectivity index (χ1) is 20.0. The van der Waals surface area contributed by atoms with Crippen LogP contribution in [0.5, 0.6) is 0 Å². The third-order valence-electron chi connectivity index (χ3n) is 7.76. The van der Waals surface area contributed by atoms with Crippen molar-refractivity contribution in [1.29, 1.82) is 0 Å². The monoisotopic (exact) mass is 682 g/mol. The van der Waals surface area contributed by atoms with Gasteiger partial charge in [0, 0.05) is 0 Å². The van der Waals surface area contributed by atoms with Crippen molar-refractivity contribution in [2.45, 2.75) is 182 Å². The average molecular weight is 683 g/mol. The van der Waals surface area contributed by atoms with Gasteiger partial charge in [-0.1, -0.05) is 156 Å². The van der Waals surface area contributed by atoms with Crippen LogP contribution in [0.1, 0.15) is 182 Å². The van der Waals surface area contributed by atoms with Gasteiger partial charge in [0.2, 0.25) is 20.8 Å². The van der Waals surface area contributed by atoms with Crippen molar-refractivity contribution in [3.8, 4) is 0 Å². The SMILES string of the molecule is CCCCCCCC(CCCCCCC)COS(=O)(=O)[O-].CCCCCCCC(CCCCCCC)COS(=O)(=O)[O-].[Ca+2]. The second-order valence-corrected chi connectivity index (χ2v) is 14.0. The summed E-state index contributed by atoms with van der Waals surface area (Å²) in [6.45, 7) is 8.87. The van der Waals surface area contributed by atoms with Crippen LogP contribution >= 0.6 is 0 Å². The average Bonchev–Trinajstić information content (AvgIpc) is 2.92. The number of hydrogen-bond acceptors (Lipinski definition) is 8. The van der Waals surface area contributed by atoms with Crippen molar-refractivity contribution < 1.29 is 34.3 Å². The van der Waals surface area contributed by atoms with Gasteiger partial charge >= 0.3 is 37.7 Å². The topological polar surface area (TPSA) is 133 Å². The molecule has 0 aromatic rings. The maximum absolute atomic E-state index is 10.6. The summed E-state index contributed by atoms with van der Waals surface area (Å²) in [5, 5.41) is 0. The zero-order valence-corrected chi connectivity index (χ0v) is 32.2. The van der Waals surface area contributed by atoms with Crippen LogP contribution in [0.3, 0.4) is 0 Å². The van der Waals surface area contributed by atoms with Crippen molar-refractivity contribution >= 4 is 58.5 Å². The Morgan fingerprint density at radius 3 is 0.814 bits per heavy atom. The molecule has 0 bridgehead atoms. The molecule has 0 saturated heterocycles. The quantitative estimate of drug-likeness (QED) is 0.0317. The van der Waals surface area contributed by atoms with E-state index < -0.39 is 20.8 Å². The van der Waals surface area contributed by atoms with E-state index >= 15 is 0 Å². The smallest absolute Gasteiger partial charge is 0.726 e. The van der Waals surface area contributed by atoms with Gasteiger partial charge in [-0.25, -0.2) is 16.8 Å². The molecular formula is C32H66CaO8S2. The molecule has 0 aliphatic rings. The molecule has 0 rings (SSSR count). The molecule has 0 heterocycles. The first kappa shape index (κ1) is 48.4. The number of hydrogen-bond donors (Lipinski definition) is 0. The Hall–Kier alpha value is 1.000. The van der Waals surface area contributed by atoms with E-state index in [1.807, 2.05) is 0 Å². The van der Waals surface area contributed by atoms with Crippen LogP contribution in [0, 0.1) is 11.8 Å². The standard InChI is InChI=1S/2C16H34O4S.Ca/c2*1-3-5-7-9-11-13-16(15-20-21(17,18)19)14-12-10-8-6-4-2;/h2*16H,3-15H2,1-2H3,(H,17,18,19);/q;;+2/p-2. The Morgan fingerprint density at radius 1 is 0.419 bits per heavy atom. The van der Waals surface area contributed by atoms with Gasteiger partial charge in [0.05, 0.1) is 13.2 Å². The molecule has 256 valence electrons. The minimum absolute atomic E-state index is 0. The van der Waals surface area contributed by atoms with Gasteiger partial charge in [-0.05, 0) is 37.5 Å². The fraction of sp³-hybridized carbons (Fsp3) is 1.00. The first-order valence-electron chi connectivity index (χ1n) is 17.2. The minimum Gasteiger partial charge on any atom is -0.726 e. The van der Waals surface area contributed by atoms with Gasteiger partial charge in [-0.15, -0.1) is 0 Å². The Kier molecular flexibility index (Phi) is 38.6. The van der Waals surface area contributed by atoms with Crippen molar-refractivity contribution in [1.82, 2.24) is 0 Å². The largest absolute Gasteiger partial charge is 2.00 e. The molecule has 0 aliphatic heterocycles. The molecule has 0 aliphatic carbocycles. The molecule has 8 nitrogen and oxygen atoms in total. The summed E-state index contributed by atoms with van der Waals surface area (Å²) in [5.41, 5.74) is 0. The molecule has 0 saturated carbocycles. The maximum Gasteiger partial charge on any atom is 2.00 e. The number of rotatable bonds is 30. The van der Waals surface area contributed by atoms with Gasteiger partial charge in [0.25, 0.3) is 0 Å². The normalized spacial score (nSPS) is 11.9. The molecule has 0 atom stereocenters. The molecular weight excluding hydrogens is 617 g/mol. The van der Waals surface area contributed by atoms with Gasteiger partial charge in [-0.2, -0.15) is 0 Å². The van der Waals surface area contributed by atoms with E-state index in [1.165, 1.54) is 103 Å². The molecule has 0 unspecified atom stereocenters. The third-order valence-corrected chi connectivity index (χ3v) is 8.61. The van der Waals surface area contributed by atoms with Crippen LogP contribution in [-0.4, -0.2) is 76.9 Å². The molecule has 0 aromatic heterocycles. The fourth-order valence-electron chi connectivity index (χ4n) is 5.13. The maximum atomic E-state index is 10.6. The van der Waals surface area contributed by atoms with Crippen LogP contribution in [0.15, 0.2) is 0 Å². The molecule has 0 fully saturated rings. The Bertz CT molecular complexity index is 671. The molecule has 0 N–H and O–H groups in total. The minimum atomic E-state index is -4.55. The fourth-order valence-corrected chi connectivity index (χ4v) is 5.85. The van der Waals surface area contributed by atoms with Gasteiger partial charge in [-0.3, -0.25) is 8.37 Å². The summed E-state index contributed by atoms with van der Waals surface area (Å²) >= 11 is 0. The Balaban J connectivity index is -0.000000727. The first-order valence-corrected chi connectivity index (χ1v) is 19.9. The van der Waals surface area contributed by atoms with Gasteiger partial charge < -0.3 is 9.11 Å². The van der Waals surface area contributed by atoms with E-state index in [-0.39, 0.29) is 62.8 Å². The predicted octanol–water partition coefficient (Wildman–Crippen LogP) is 9.22. The van der Waals surface area contributed by atoms with E-state index in [4.69, 9.17) is 0 Å². The molecule has 11 heteroatoms. The second kappa shape index (κ2) is 34.3. The van der Waals surface area contributed by atoms with Gasteiger partial charge in [0.15, 0.2) is 0 Å². The summed E-state index contributed by atoms with van der Waals surface area (Å²) in [4.78, 5) is 0. The van der Waals surface area contributed by atoms with E-state index in [2.05, 4.69) is 36.1 Å². The van der Waals surface area contributed by atoms with Crippen molar-refractivity contribution in [2.75, 3.05) is 13.2 Å². The molecule has 0 radical (unpaired) electrons. The molecule has 43 heavy (non-hydrogen) atoms. The van der Waals surface area contributed by atoms with E-state index in [0.717, 1.165) is 51.4 Å². The second-order valence-electron chi connectivity index (χ2n) is 11.9. The van der Waals surface area contributed by atoms with Crippen LogP contribution in [-0.2, 0) is 29.2 Å². The van der Waals surface area contributed by atoms with Crippen molar-refractivity contribution in [3.05, 3.63) is 0 Å².